The van der Waals surface area contributed by atoms with Gasteiger partial charge in [0, 0.05) is 19.6 Å². The van der Waals surface area contributed by atoms with Crippen molar-refractivity contribution < 1.29 is 17.6 Å². The predicted octanol–water partition coefficient (Wildman–Crippen LogP) is 3.01. The molecule has 1 aromatic heterocycles. The van der Waals surface area contributed by atoms with E-state index >= 15 is 0 Å². The number of hydrogen-bond donors (Lipinski definition) is 2. The summed E-state index contributed by atoms with van der Waals surface area (Å²) in [6, 6.07) is 0. The zero-order chi connectivity index (χ0) is 19.9. The summed E-state index contributed by atoms with van der Waals surface area (Å²) in [6.45, 7) is 9.42. The number of aliphatic imine (C=N–C) groups is 1. The summed E-state index contributed by atoms with van der Waals surface area (Å²) < 4.78 is 42.4. The quantitative estimate of drug-likeness (QED) is 0.554. The van der Waals surface area contributed by atoms with Gasteiger partial charge in [0.2, 0.25) is 5.89 Å². The first-order chi connectivity index (χ1) is 12.8. The van der Waals surface area contributed by atoms with Crippen molar-refractivity contribution in [2.45, 2.75) is 52.8 Å². The van der Waals surface area contributed by atoms with Crippen molar-refractivity contribution in [3.63, 3.8) is 0 Å². The van der Waals surface area contributed by atoms with Crippen LogP contribution in [0.1, 0.15) is 43.5 Å². The lowest BCUT2D eigenvalue weighted by Gasteiger charge is -2.30. The molecule has 0 aromatic carbocycles. The van der Waals surface area contributed by atoms with E-state index in [1.165, 1.54) is 0 Å². The molecule has 0 spiro atoms. The van der Waals surface area contributed by atoms with Gasteiger partial charge in [-0.25, -0.2) is 4.98 Å². The third-order valence-corrected chi connectivity index (χ3v) is 4.69. The number of halogens is 3. The number of alkyl halides is 3. The fourth-order valence-electron chi connectivity index (χ4n) is 3.01. The number of rotatable bonds is 7. The highest BCUT2D eigenvalue weighted by Crippen LogP contribution is 2.20. The summed E-state index contributed by atoms with van der Waals surface area (Å²) in [5, 5.41) is 5.75. The normalized spacial score (nSPS) is 17.3. The Morgan fingerprint density at radius 3 is 2.52 bits per heavy atom. The first kappa shape index (κ1) is 21.5. The maximum absolute atomic E-state index is 12.3. The van der Waals surface area contributed by atoms with E-state index in [0.29, 0.717) is 31.5 Å². The molecular weight excluding hydrogens is 359 g/mol. The average molecular weight is 389 g/mol. The summed E-state index contributed by atoms with van der Waals surface area (Å²) in [4.78, 5) is 11.2. The summed E-state index contributed by atoms with van der Waals surface area (Å²) in [6.07, 6.45) is -3.01. The van der Waals surface area contributed by atoms with E-state index in [2.05, 4.69) is 25.5 Å². The number of piperidine rings is 1. The van der Waals surface area contributed by atoms with Crippen molar-refractivity contribution in [1.29, 1.82) is 0 Å². The van der Waals surface area contributed by atoms with Crippen LogP contribution < -0.4 is 10.6 Å². The smallest absolute Gasteiger partial charge is 0.390 e. The summed E-state index contributed by atoms with van der Waals surface area (Å²) >= 11 is 0. The second kappa shape index (κ2) is 9.96. The molecule has 154 valence electrons. The zero-order valence-corrected chi connectivity index (χ0v) is 16.3. The van der Waals surface area contributed by atoms with Crippen molar-refractivity contribution in [1.82, 2.24) is 20.5 Å². The lowest BCUT2D eigenvalue weighted by molar-refractivity contribution is -0.132. The highest BCUT2D eigenvalue weighted by Gasteiger charge is 2.26. The van der Waals surface area contributed by atoms with Crippen molar-refractivity contribution >= 4 is 5.96 Å². The average Bonchev–Trinajstić information content (AvgIpc) is 2.90. The second-order valence-corrected chi connectivity index (χ2v) is 6.98. The molecule has 1 fully saturated rings. The Morgan fingerprint density at radius 2 is 1.96 bits per heavy atom. The number of hydrogen-bond acceptors (Lipinski definition) is 4. The van der Waals surface area contributed by atoms with Gasteiger partial charge >= 0.3 is 6.18 Å². The minimum atomic E-state index is -4.16. The van der Waals surface area contributed by atoms with E-state index in [4.69, 9.17) is 4.42 Å². The highest BCUT2D eigenvalue weighted by molar-refractivity contribution is 5.79. The molecule has 0 radical (unpaired) electrons. The molecule has 2 heterocycles. The van der Waals surface area contributed by atoms with Gasteiger partial charge in [0.1, 0.15) is 5.76 Å². The summed E-state index contributed by atoms with van der Waals surface area (Å²) in [5.41, 5.74) is 0.934. The Labute approximate surface area is 158 Å². The number of nitrogens with zero attached hydrogens (tertiary/aromatic N) is 3. The number of guanidine groups is 1. The van der Waals surface area contributed by atoms with Crippen molar-refractivity contribution in [2.24, 2.45) is 10.9 Å². The van der Waals surface area contributed by atoms with Crippen LogP contribution in [0.15, 0.2) is 9.41 Å². The molecule has 2 rings (SSSR count). The fraction of sp³-hybridized carbons (Fsp3) is 0.778. The lowest BCUT2D eigenvalue weighted by Crippen LogP contribution is -2.40. The van der Waals surface area contributed by atoms with E-state index in [9.17, 15) is 13.2 Å². The Balaban J connectivity index is 1.74. The van der Waals surface area contributed by atoms with Gasteiger partial charge in [-0.1, -0.05) is 0 Å². The predicted molar refractivity (Wildman–Crippen MR) is 98.6 cm³/mol. The van der Waals surface area contributed by atoms with Crippen LogP contribution in [-0.2, 0) is 6.54 Å². The van der Waals surface area contributed by atoms with Crippen LogP contribution in [0.25, 0.3) is 0 Å². The molecule has 0 saturated carbocycles. The zero-order valence-electron chi connectivity index (χ0n) is 16.3. The molecule has 1 saturated heterocycles. The van der Waals surface area contributed by atoms with Crippen LogP contribution in [0, 0.1) is 19.8 Å². The van der Waals surface area contributed by atoms with Crippen LogP contribution in [0.3, 0.4) is 0 Å². The number of oxazole rings is 1. The highest BCUT2D eigenvalue weighted by atomic mass is 19.4. The molecule has 0 unspecified atom stereocenters. The lowest BCUT2D eigenvalue weighted by atomic mass is 9.97. The first-order valence-electron chi connectivity index (χ1n) is 9.51. The SMILES string of the molecule is CCNC(=NCC1CCN(Cc2nc(C)c(C)o2)CC1)NCCC(F)(F)F. The first-order valence-corrected chi connectivity index (χ1v) is 9.51. The van der Waals surface area contributed by atoms with Gasteiger partial charge in [-0.2, -0.15) is 13.2 Å². The molecular formula is C18H30F3N5O. The minimum Gasteiger partial charge on any atom is -0.444 e. The van der Waals surface area contributed by atoms with Gasteiger partial charge in [-0.15, -0.1) is 0 Å². The number of nitrogens with one attached hydrogen (secondary N) is 2. The van der Waals surface area contributed by atoms with Crippen LogP contribution in [0.4, 0.5) is 13.2 Å². The molecule has 27 heavy (non-hydrogen) atoms. The van der Waals surface area contributed by atoms with Crippen molar-refractivity contribution in [3.05, 3.63) is 17.3 Å². The molecule has 6 nitrogen and oxygen atoms in total. The van der Waals surface area contributed by atoms with Gasteiger partial charge in [-0.05, 0) is 52.6 Å². The second-order valence-electron chi connectivity index (χ2n) is 6.98. The van der Waals surface area contributed by atoms with E-state index in [1.807, 2.05) is 20.8 Å². The summed E-state index contributed by atoms with van der Waals surface area (Å²) in [5.74, 6) is 2.51. The third-order valence-electron chi connectivity index (χ3n) is 4.69. The van der Waals surface area contributed by atoms with Gasteiger partial charge in [0.05, 0.1) is 18.7 Å². The number of aromatic nitrogens is 1. The van der Waals surface area contributed by atoms with E-state index < -0.39 is 12.6 Å². The molecule has 1 aliphatic heterocycles. The molecule has 0 bridgehead atoms. The standard InChI is InChI=1S/C18H30F3N5O/c1-4-22-17(23-8-7-18(19,20)21)24-11-15-5-9-26(10-6-15)12-16-25-13(2)14(3)27-16/h15H,4-12H2,1-3H3,(H2,22,23,24). The monoisotopic (exact) mass is 389 g/mol. The topological polar surface area (TPSA) is 65.7 Å². The molecule has 0 atom stereocenters. The van der Waals surface area contributed by atoms with Gasteiger partial charge in [-0.3, -0.25) is 9.89 Å². The number of likely N-dealkylation sites (tertiary alicyclic amines) is 1. The maximum Gasteiger partial charge on any atom is 0.390 e. The number of aryl methyl sites for hydroxylation is 2. The van der Waals surface area contributed by atoms with Crippen LogP contribution >= 0.6 is 0 Å². The van der Waals surface area contributed by atoms with E-state index in [-0.39, 0.29) is 6.54 Å². The Kier molecular flexibility index (Phi) is 7.94. The molecule has 9 heteroatoms. The Morgan fingerprint density at radius 1 is 1.26 bits per heavy atom. The van der Waals surface area contributed by atoms with Gasteiger partial charge in [0.25, 0.3) is 0 Å². The van der Waals surface area contributed by atoms with Crippen molar-refractivity contribution in [3.8, 4) is 0 Å². The van der Waals surface area contributed by atoms with Crippen molar-refractivity contribution in [2.75, 3.05) is 32.7 Å². The molecule has 0 amide bonds. The molecule has 1 aromatic rings. The molecule has 2 N–H and O–H groups in total. The van der Waals surface area contributed by atoms with Crippen LogP contribution in [0.5, 0.6) is 0 Å². The molecule has 1 aliphatic rings. The molecule has 0 aliphatic carbocycles. The summed E-state index contributed by atoms with van der Waals surface area (Å²) in [7, 11) is 0. The Hall–Kier alpha value is -1.77. The van der Waals surface area contributed by atoms with Gasteiger partial charge < -0.3 is 15.1 Å². The third kappa shape index (κ3) is 7.78. The van der Waals surface area contributed by atoms with E-state index in [0.717, 1.165) is 43.3 Å². The maximum atomic E-state index is 12.3. The fourth-order valence-corrected chi connectivity index (χ4v) is 3.01. The van der Waals surface area contributed by atoms with Crippen LogP contribution in [0.2, 0.25) is 0 Å². The largest absolute Gasteiger partial charge is 0.444 e. The minimum absolute atomic E-state index is 0.164. The Bertz CT molecular complexity index is 587. The van der Waals surface area contributed by atoms with Crippen LogP contribution in [-0.4, -0.2) is 54.7 Å². The van der Waals surface area contributed by atoms with Gasteiger partial charge in [0.15, 0.2) is 5.96 Å². The van der Waals surface area contributed by atoms with E-state index in [1.54, 1.807) is 0 Å².